The zero-order chi connectivity index (χ0) is 19.9. The molecule has 0 saturated carbocycles. The maximum absolute atomic E-state index is 12.4. The first-order chi connectivity index (χ1) is 13.6. The Morgan fingerprint density at radius 3 is 2.46 bits per heavy atom. The first-order valence-electron chi connectivity index (χ1n) is 8.57. The minimum Gasteiger partial charge on any atom is -0.493 e. The maximum Gasteiger partial charge on any atom is 0.255 e. The summed E-state index contributed by atoms with van der Waals surface area (Å²) in [5.41, 5.74) is 2.17. The van der Waals surface area contributed by atoms with Gasteiger partial charge in [0.1, 0.15) is 5.82 Å². The number of hydrogen-bond donors (Lipinski definition) is 2. The quantitative estimate of drug-likeness (QED) is 0.608. The molecule has 1 heterocycles. The summed E-state index contributed by atoms with van der Waals surface area (Å²) in [7, 11) is 3.19. The summed E-state index contributed by atoms with van der Waals surface area (Å²) in [6, 6.07) is 16.0. The predicted molar refractivity (Wildman–Crippen MR) is 111 cm³/mol. The van der Waals surface area contributed by atoms with Crippen molar-refractivity contribution in [3.8, 4) is 11.5 Å². The number of nitrogens with one attached hydrogen (secondary N) is 2. The minimum absolute atomic E-state index is 0.223. The fraction of sp³-hybridized carbons (Fsp3) is 0.143. The van der Waals surface area contributed by atoms with E-state index in [1.807, 2.05) is 18.2 Å². The Labute approximate surface area is 168 Å². The van der Waals surface area contributed by atoms with E-state index in [0.29, 0.717) is 40.1 Å². The number of anilines is 2. The molecule has 2 N–H and O–H groups in total. The molecule has 1 aromatic heterocycles. The monoisotopic (exact) mass is 397 g/mol. The second-order valence-electron chi connectivity index (χ2n) is 5.93. The molecule has 0 bridgehead atoms. The summed E-state index contributed by atoms with van der Waals surface area (Å²) >= 11 is 5.86. The van der Waals surface area contributed by atoms with Crippen molar-refractivity contribution in [1.29, 1.82) is 0 Å². The SMILES string of the molecule is COc1ccc(CNc2cc(C(=O)Nc3ccc(Cl)cc3)ccn2)cc1OC. The molecule has 2 aromatic carbocycles. The molecule has 0 spiro atoms. The third-order valence-electron chi connectivity index (χ3n) is 4.05. The van der Waals surface area contributed by atoms with Crippen molar-refractivity contribution >= 4 is 29.0 Å². The van der Waals surface area contributed by atoms with Crippen LogP contribution in [0.4, 0.5) is 11.5 Å². The number of ether oxygens (including phenoxy) is 2. The molecule has 0 aliphatic carbocycles. The standard InChI is InChI=1S/C21H20ClN3O3/c1-27-18-8-3-14(11-19(18)28-2)13-24-20-12-15(9-10-23-20)21(26)25-17-6-4-16(22)5-7-17/h3-12H,13H2,1-2H3,(H,23,24)(H,25,26). The van der Waals surface area contributed by atoms with Crippen LogP contribution < -0.4 is 20.1 Å². The van der Waals surface area contributed by atoms with E-state index in [1.165, 1.54) is 0 Å². The molecule has 0 atom stereocenters. The van der Waals surface area contributed by atoms with E-state index in [2.05, 4.69) is 15.6 Å². The highest BCUT2D eigenvalue weighted by Gasteiger charge is 2.09. The molecule has 0 aliphatic heterocycles. The van der Waals surface area contributed by atoms with Crippen LogP contribution in [-0.2, 0) is 6.54 Å². The van der Waals surface area contributed by atoms with E-state index < -0.39 is 0 Å². The van der Waals surface area contributed by atoms with Crippen LogP contribution in [0.5, 0.6) is 11.5 Å². The lowest BCUT2D eigenvalue weighted by atomic mass is 10.2. The molecule has 0 saturated heterocycles. The number of nitrogens with zero attached hydrogens (tertiary/aromatic N) is 1. The van der Waals surface area contributed by atoms with Gasteiger partial charge in [0.15, 0.2) is 11.5 Å². The predicted octanol–water partition coefficient (Wildman–Crippen LogP) is 4.62. The smallest absolute Gasteiger partial charge is 0.255 e. The number of rotatable bonds is 7. The molecule has 3 rings (SSSR count). The molecule has 144 valence electrons. The van der Waals surface area contributed by atoms with Crippen molar-refractivity contribution in [2.75, 3.05) is 24.9 Å². The topological polar surface area (TPSA) is 72.5 Å². The van der Waals surface area contributed by atoms with Crippen LogP contribution in [-0.4, -0.2) is 25.1 Å². The van der Waals surface area contributed by atoms with Gasteiger partial charge in [-0.3, -0.25) is 4.79 Å². The third-order valence-corrected chi connectivity index (χ3v) is 4.30. The molecule has 0 unspecified atom stereocenters. The Morgan fingerprint density at radius 1 is 1.00 bits per heavy atom. The van der Waals surface area contributed by atoms with Gasteiger partial charge in [0, 0.05) is 29.0 Å². The van der Waals surface area contributed by atoms with Gasteiger partial charge in [0.2, 0.25) is 0 Å². The average Bonchev–Trinajstić information content (AvgIpc) is 2.73. The number of carbonyl (C=O) groups excluding carboxylic acids is 1. The first-order valence-corrected chi connectivity index (χ1v) is 8.94. The van der Waals surface area contributed by atoms with Gasteiger partial charge in [0.05, 0.1) is 14.2 Å². The molecule has 7 heteroatoms. The average molecular weight is 398 g/mol. The Morgan fingerprint density at radius 2 is 1.75 bits per heavy atom. The van der Waals surface area contributed by atoms with E-state index >= 15 is 0 Å². The van der Waals surface area contributed by atoms with Crippen molar-refractivity contribution in [3.05, 3.63) is 76.9 Å². The van der Waals surface area contributed by atoms with Crippen molar-refractivity contribution in [2.45, 2.75) is 6.54 Å². The number of methoxy groups -OCH3 is 2. The fourth-order valence-electron chi connectivity index (χ4n) is 2.59. The minimum atomic E-state index is -0.223. The highest BCUT2D eigenvalue weighted by molar-refractivity contribution is 6.30. The Bertz CT molecular complexity index is 961. The fourth-order valence-corrected chi connectivity index (χ4v) is 2.71. The summed E-state index contributed by atoms with van der Waals surface area (Å²) in [6.07, 6.45) is 1.59. The van der Waals surface area contributed by atoms with Crippen molar-refractivity contribution < 1.29 is 14.3 Å². The van der Waals surface area contributed by atoms with Crippen LogP contribution in [0.25, 0.3) is 0 Å². The van der Waals surface area contributed by atoms with Crippen LogP contribution in [0.3, 0.4) is 0 Å². The molecule has 6 nitrogen and oxygen atoms in total. The highest BCUT2D eigenvalue weighted by atomic mass is 35.5. The number of halogens is 1. The summed E-state index contributed by atoms with van der Waals surface area (Å²) in [5.74, 6) is 1.70. The van der Waals surface area contributed by atoms with Gasteiger partial charge >= 0.3 is 0 Å². The van der Waals surface area contributed by atoms with Crippen LogP contribution in [0.15, 0.2) is 60.8 Å². The largest absolute Gasteiger partial charge is 0.493 e. The highest BCUT2D eigenvalue weighted by Crippen LogP contribution is 2.27. The van der Waals surface area contributed by atoms with Gasteiger partial charge in [-0.15, -0.1) is 0 Å². The van der Waals surface area contributed by atoms with Gasteiger partial charge in [-0.25, -0.2) is 4.98 Å². The second-order valence-corrected chi connectivity index (χ2v) is 6.37. The molecule has 1 amide bonds. The number of hydrogen-bond acceptors (Lipinski definition) is 5. The molecule has 3 aromatic rings. The van der Waals surface area contributed by atoms with Crippen LogP contribution in [0.1, 0.15) is 15.9 Å². The Hall–Kier alpha value is -3.25. The molecular weight excluding hydrogens is 378 g/mol. The van der Waals surface area contributed by atoms with Gasteiger partial charge < -0.3 is 20.1 Å². The van der Waals surface area contributed by atoms with Crippen molar-refractivity contribution in [3.63, 3.8) is 0 Å². The van der Waals surface area contributed by atoms with E-state index in [1.54, 1.807) is 56.8 Å². The zero-order valence-electron chi connectivity index (χ0n) is 15.5. The number of amides is 1. The van der Waals surface area contributed by atoms with Crippen molar-refractivity contribution in [2.24, 2.45) is 0 Å². The zero-order valence-corrected chi connectivity index (χ0v) is 16.3. The van der Waals surface area contributed by atoms with Gasteiger partial charge in [-0.2, -0.15) is 0 Å². The lowest BCUT2D eigenvalue weighted by molar-refractivity contribution is 0.102. The van der Waals surface area contributed by atoms with Crippen LogP contribution >= 0.6 is 11.6 Å². The molecule has 0 fully saturated rings. The van der Waals surface area contributed by atoms with Gasteiger partial charge in [0.25, 0.3) is 5.91 Å². The second kappa shape index (κ2) is 9.10. The van der Waals surface area contributed by atoms with Crippen LogP contribution in [0.2, 0.25) is 5.02 Å². The molecule has 28 heavy (non-hydrogen) atoms. The van der Waals surface area contributed by atoms with Gasteiger partial charge in [-0.1, -0.05) is 17.7 Å². The van der Waals surface area contributed by atoms with E-state index in [0.717, 1.165) is 5.56 Å². The molecule has 0 aliphatic rings. The van der Waals surface area contributed by atoms with E-state index in [9.17, 15) is 4.79 Å². The number of aromatic nitrogens is 1. The summed E-state index contributed by atoms with van der Waals surface area (Å²) < 4.78 is 10.6. The van der Waals surface area contributed by atoms with E-state index in [-0.39, 0.29) is 5.91 Å². The third kappa shape index (κ3) is 4.92. The lowest BCUT2D eigenvalue weighted by Crippen LogP contribution is -2.12. The number of carbonyl (C=O) groups is 1. The lowest BCUT2D eigenvalue weighted by Gasteiger charge is -2.11. The maximum atomic E-state index is 12.4. The number of pyridine rings is 1. The Balaban J connectivity index is 1.66. The Kier molecular flexibility index (Phi) is 6.34. The first kappa shape index (κ1) is 19.5. The van der Waals surface area contributed by atoms with E-state index in [4.69, 9.17) is 21.1 Å². The summed E-state index contributed by atoms with van der Waals surface area (Å²) in [5, 5.41) is 6.66. The summed E-state index contributed by atoms with van der Waals surface area (Å²) in [4.78, 5) is 16.7. The number of benzene rings is 2. The van der Waals surface area contributed by atoms with Crippen molar-refractivity contribution in [1.82, 2.24) is 4.98 Å². The summed E-state index contributed by atoms with van der Waals surface area (Å²) in [6.45, 7) is 0.523. The molecule has 0 radical (unpaired) electrons. The van der Waals surface area contributed by atoms with Crippen LogP contribution in [0, 0.1) is 0 Å². The normalized spacial score (nSPS) is 10.2. The molecular formula is C21H20ClN3O3. The van der Waals surface area contributed by atoms with Gasteiger partial charge in [-0.05, 0) is 54.1 Å².